The van der Waals surface area contributed by atoms with Crippen LogP contribution in [0.15, 0.2) is 24.8 Å². The largest absolute Gasteiger partial charge is 0.399 e. The summed E-state index contributed by atoms with van der Waals surface area (Å²) in [6, 6.07) is 3.61. The number of aromatic nitrogens is 4. The minimum Gasteiger partial charge on any atom is -0.399 e. The molecule has 2 aromatic heterocycles. The Morgan fingerprint density at radius 3 is 2.88 bits per heavy atom. The molecule has 24 heavy (non-hydrogen) atoms. The van der Waals surface area contributed by atoms with Crippen LogP contribution >= 0.6 is 0 Å². The lowest BCUT2D eigenvalue weighted by atomic mass is 10.0. The third-order valence-corrected chi connectivity index (χ3v) is 4.19. The number of nitrogens with zero attached hydrogens (tertiary/aromatic N) is 5. The Morgan fingerprint density at radius 1 is 1.42 bits per heavy atom. The van der Waals surface area contributed by atoms with Crippen LogP contribution in [-0.4, -0.2) is 50.3 Å². The number of nitrogen functional groups attached to an aromatic ring is 1. The molecule has 8 heteroatoms. The third-order valence-electron chi connectivity index (χ3n) is 4.19. The van der Waals surface area contributed by atoms with Gasteiger partial charge < -0.3 is 15.4 Å². The number of carbonyl (C=O) groups excluding carboxylic acids is 1. The number of rotatable bonds is 3. The van der Waals surface area contributed by atoms with E-state index in [0.29, 0.717) is 25.4 Å². The summed E-state index contributed by atoms with van der Waals surface area (Å²) in [6.45, 7) is 6.98. The number of hydrogen-bond acceptors (Lipinski definition) is 6. The van der Waals surface area contributed by atoms with Crippen LogP contribution in [0.1, 0.15) is 31.3 Å². The van der Waals surface area contributed by atoms with Crippen LogP contribution in [0.25, 0.3) is 0 Å². The van der Waals surface area contributed by atoms with E-state index in [1.54, 1.807) is 22.0 Å². The number of carbonyl (C=O) groups is 1. The van der Waals surface area contributed by atoms with E-state index in [1.165, 1.54) is 6.33 Å². The van der Waals surface area contributed by atoms with E-state index in [4.69, 9.17) is 10.5 Å². The second-order valence-corrected chi connectivity index (χ2v) is 6.48. The molecule has 3 rings (SSSR count). The molecule has 0 aliphatic carbocycles. The second kappa shape index (κ2) is 6.20. The van der Waals surface area contributed by atoms with Crippen molar-refractivity contribution in [1.29, 1.82) is 0 Å². The third kappa shape index (κ3) is 3.09. The molecule has 2 N–H and O–H groups in total. The van der Waals surface area contributed by atoms with E-state index in [9.17, 15) is 4.79 Å². The Bertz CT molecular complexity index is 708. The van der Waals surface area contributed by atoms with E-state index in [2.05, 4.69) is 15.1 Å². The van der Waals surface area contributed by atoms with E-state index in [0.717, 1.165) is 11.4 Å². The number of aryl methyl sites for hydroxylation is 1. The normalized spacial score (nSPS) is 18.6. The highest BCUT2D eigenvalue weighted by Gasteiger charge is 2.37. The van der Waals surface area contributed by atoms with Crippen molar-refractivity contribution in [1.82, 2.24) is 24.6 Å². The number of pyridine rings is 1. The van der Waals surface area contributed by atoms with Crippen molar-refractivity contribution in [2.45, 2.75) is 32.4 Å². The van der Waals surface area contributed by atoms with Crippen molar-refractivity contribution in [3.05, 3.63) is 36.2 Å². The lowest BCUT2D eigenvalue weighted by Crippen LogP contribution is -2.51. The van der Waals surface area contributed by atoms with Gasteiger partial charge in [0, 0.05) is 17.9 Å². The number of ether oxygens (including phenoxy) is 1. The Kier molecular flexibility index (Phi) is 4.23. The quantitative estimate of drug-likeness (QED) is 0.897. The van der Waals surface area contributed by atoms with Crippen molar-refractivity contribution in [3.63, 3.8) is 0 Å². The van der Waals surface area contributed by atoms with Gasteiger partial charge in [-0.1, -0.05) is 0 Å². The topological polar surface area (TPSA) is 99.2 Å². The first-order chi connectivity index (χ1) is 11.4. The van der Waals surface area contributed by atoms with Gasteiger partial charge in [-0.25, -0.2) is 9.67 Å². The van der Waals surface area contributed by atoms with Crippen LogP contribution in [0.5, 0.6) is 0 Å². The van der Waals surface area contributed by atoms with Crippen molar-refractivity contribution >= 4 is 11.6 Å². The van der Waals surface area contributed by atoms with Gasteiger partial charge in [-0.05, 0) is 32.9 Å². The van der Waals surface area contributed by atoms with Crippen LogP contribution in [0.3, 0.4) is 0 Å². The summed E-state index contributed by atoms with van der Waals surface area (Å²) in [4.78, 5) is 23.2. The second-order valence-electron chi connectivity index (χ2n) is 6.48. The van der Waals surface area contributed by atoms with Gasteiger partial charge in [0.1, 0.15) is 24.3 Å². The molecule has 3 heterocycles. The van der Waals surface area contributed by atoms with E-state index >= 15 is 0 Å². The molecule has 128 valence electrons. The minimum absolute atomic E-state index is 0.0260. The predicted octanol–water partition coefficient (Wildman–Crippen LogP) is 0.899. The molecular formula is C16H22N6O2. The highest BCUT2D eigenvalue weighted by atomic mass is 16.5. The zero-order valence-electron chi connectivity index (χ0n) is 14.1. The fraction of sp³-hybridized carbons (Fsp3) is 0.500. The summed E-state index contributed by atoms with van der Waals surface area (Å²) < 4.78 is 7.38. The molecule has 2 aromatic rings. The Labute approximate surface area is 140 Å². The molecule has 0 saturated carbocycles. The van der Waals surface area contributed by atoms with Crippen LogP contribution in [-0.2, 0) is 15.1 Å². The predicted molar refractivity (Wildman–Crippen MR) is 88.0 cm³/mol. The van der Waals surface area contributed by atoms with Gasteiger partial charge in [0.25, 0.3) is 0 Å². The maximum Gasteiger partial charge on any atom is 0.250 e. The van der Waals surface area contributed by atoms with Gasteiger partial charge in [0.2, 0.25) is 5.91 Å². The van der Waals surface area contributed by atoms with Gasteiger partial charge in [-0.3, -0.25) is 9.78 Å². The monoisotopic (exact) mass is 330 g/mol. The fourth-order valence-corrected chi connectivity index (χ4v) is 2.88. The van der Waals surface area contributed by atoms with Crippen LogP contribution in [0.2, 0.25) is 0 Å². The maximum atomic E-state index is 13.0. The highest BCUT2D eigenvalue weighted by Crippen LogP contribution is 2.26. The SMILES string of the molecule is Cc1cc(N)cc(C2CN(C(=O)C(C)(C)n3cncn3)CCO2)n1. The highest BCUT2D eigenvalue weighted by molar-refractivity contribution is 5.83. The summed E-state index contributed by atoms with van der Waals surface area (Å²) in [5.41, 5.74) is 7.32. The first-order valence-corrected chi connectivity index (χ1v) is 7.88. The smallest absolute Gasteiger partial charge is 0.250 e. The molecule has 8 nitrogen and oxygen atoms in total. The number of nitrogens with two attached hydrogens (primary N) is 1. The molecule has 0 bridgehead atoms. The molecule has 0 aromatic carbocycles. The number of amides is 1. The number of anilines is 1. The summed E-state index contributed by atoms with van der Waals surface area (Å²) in [7, 11) is 0. The lowest BCUT2D eigenvalue weighted by molar-refractivity contribution is -0.147. The fourth-order valence-electron chi connectivity index (χ4n) is 2.88. The van der Waals surface area contributed by atoms with Crippen molar-refractivity contribution < 1.29 is 9.53 Å². The van der Waals surface area contributed by atoms with Crippen molar-refractivity contribution in [2.24, 2.45) is 0 Å². The maximum absolute atomic E-state index is 13.0. The minimum atomic E-state index is -0.808. The number of morpholine rings is 1. The molecule has 0 spiro atoms. The first-order valence-electron chi connectivity index (χ1n) is 7.88. The molecule has 1 amide bonds. The van der Waals surface area contributed by atoms with Crippen molar-refractivity contribution in [3.8, 4) is 0 Å². The first kappa shape index (κ1) is 16.4. The average molecular weight is 330 g/mol. The number of hydrogen-bond donors (Lipinski definition) is 1. The zero-order chi connectivity index (χ0) is 17.3. The molecular weight excluding hydrogens is 308 g/mol. The van der Waals surface area contributed by atoms with E-state index in [-0.39, 0.29) is 12.0 Å². The van der Waals surface area contributed by atoms with Gasteiger partial charge in [0.05, 0.1) is 18.8 Å². The van der Waals surface area contributed by atoms with Gasteiger partial charge in [0.15, 0.2) is 0 Å². The van der Waals surface area contributed by atoms with Crippen LogP contribution in [0, 0.1) is 6.92 Å². The average Bonchev–Trinajstić information content (AvgIpc) is 3.08. The van der Waals surface area contributed by atoms with Gasteiger partial charge >= 0.3 is 0 Å². The van der Waals surface area contributed by atoms with E-state index in [1.807, 2.05) is 26.8 Å². The van der Waals surface area contributed by atoms with E-state index < -0.39 is 5.54 Å². The molecule has 0 radical (unpaired) electrons. The zero-order valence-corrected chi connectivity index (χ0v) is 14.1. The van der Waals surface area contributed by atoms with Gasteiger partial charge in [-0.15, -0.1) is 0 Å². The molecule has 1 fully saturated rings. The Morgan fingerprint density at radius 2 is 2.21 bits per heavy atom. The Hall–Kier alpha value is -2.48. The summed E-state index contributed by atoms with van der Waals surface area (Å²) in [6.07, 6.45) is 2.70. The Balaban J connectivity index is 1.79. The summed E-state index contributed by atoms with van der Waals surface area (Å²) in [5, 5.41) is 4.10. The standard InChI is InChI=1S/C16H22N6O2/c1-11-6-12(17)7-13(20-11)14-8-21(4-5-24-14)15(23)16(2,3)22-10-18-9-19-22/h6-7,9-10,14H,4-5,8H2,1-3H3,(H2,17,20). The summed E-state index contributed by atoms with van der Waals surface area (Å²) >= 11 is 0. The molecule has 1 unspecified atom stereocenters. The molecule has 1 aliphatic heterocycles. The van der Waals surface area contributed by atoms with Crippen molar-refractivity contribution in [2.75, 3.05) is 25.4 Å². The van der Waals surface area contributed by atoms with Crippen LogP contribution < -0.4 is 5.73 Å². The van der Waals surface area contributed by atoms with Crippen LogP contribution in [0.4, 0.5) is 5.69 Å². The molecule has 1 saturated heterocycles. The lowest BCUT2D eigenvalue weighted by Gasteiger charge is -2.37. The molecule has 1 atom stereocenters. The van der Waals surface area contributed by atoms with Gasteiger partial charge in [-0.2, -0.15) is 5.10 Å². The molecule has 1 aliphatic rings. The summed E-state index contributed by atoms with van der Waals surface area (Å²) in [5.74, 6) is -0.0260.